The van der Waals surface area contributed by atoms with Crippen LogP contribution in [-0.4, -0.2) is 15.9 Å². The van der Waals surface area contributed by atoms with Crippen molar-refractivity contribution >= 4 is 23.2 Å². The second-order valence-electron chi connectivity index (χ2n) is 3.50. The number of aromatic nitrogens is 2. The monoisotopic (exact) mass is 276 g/mol. The van der Waals surface area contributed by atoms with Crippen molar-refractivity contribution in [1.29, 1.82) is 5.26 Å². The molecule has 0 atom stereocenters. The predicted octanol–water partition coefficient (Wildman–Crippen LogP) is 2.39. The van der Waals surface area contributed by atoms with Gasteiger partial charge in [0.1, 0.15) is 11.9 Å². The van der Waals surface area contributed by atoms with Gasteiger partial charge in [-0.1, -0.05) is 0 Å². The summed E-state index contributed by atoms with van der Waals surface area (Å²) < 4.78 is 13.4. The number of benzene rings is 1. The molecular formula is C12H6ClFN4O. The van der Waals surface area contributed by atoms with Crippen molar-refractivity contribution in [3.8, 4) is 6.07 Å². The van der Waals surface area contributed by atoms with Crippen molar-refractivity contribution in [2.45, 2.75) is 0 Å². The van der Waals surface area contributed by atoms with Crippen molar-refractivity contribution in [2.24, 2.45) is 0 Å². The lowest BCUT2D eigenvalue weighted by Crippen LogP contribution is -2.12. The fourth-order valence-corrected chi connectivity index (χ4v) is 1.42. The summed E-state index contributed by atoms with van der Waals surface area (Å²) in [4.78, 5) is 19.2. The summed E-state index contributed by atoms with van der Waals surface area (Å²) in [5.74, 6) is -1.28. The molecular weight excluding hydrogens is 271 g/mol. The van der Waals surface area contributed by atoms with Crippen LogP contribution in [0.2, 0.25) is 5.28 Å². The number of halogens is 2. The van der Waals surface area contributed by atoms with Crippen LogP contribution < -0.4 is 5.32 Å². The zero-order chi connectivity index (χ0) is 13.8. The highest BCUT2D eigenvalue weighted by atomic mass is 35.5. The Morgan fingerprint density at radius 1 is 1.37 bits per heavy atom. The van der Waals surface area contributed by atoms with Crippen LogP contribution >= 0.6 is 11.6 Å². The van der Waals surface area contributed by atoms with E-state index < -0.39 is 11.7 Å². The van der Waals surface area contributed by atoms with E-state index in [-0.39, 0.29) is 16.4 Å². The lowest BCUT2D eigenvalue weighted by Gasteiger charge is -2.04. The van der Waals surface area contributed by atoms with Gasteiger partial charge in [0.05, 0.1) is 23.6 Å². The summed E-state index contributed by atoms with van der Waals surface area (Å²) >= 11 is 5.50. The van der Waals surface area contributed by atoms with Crippen molar-refractivity contribution < 1.29 is 9.18 Å². The van der Waals surface area contributed by atoms with Crippen LogP contribution in [0.15, 0.2) is 30.6 Å². The van der Waals surface area contributed by atoms with E-state index in [2.05, 4.69) is 15.3 Å². The summed E-state index contributed by atoms with van der Waals surface area (Å²) in [6.07, 6.45) is 2.65. The molecule has 0 radical (unpaired) electrons. The Balaban J connectivity index is 2.18. The molecule has 0 saturated carbocycles. The van der Waals surface area contributed by atoms with E-state index in [1.54, 1.807) is 6.07 Å². The molecule has 94 valence electrons. The highest BCUT2D eigenvalue weighted by Crippen LogP contribution is 2.12. The van der Waals surface area contributed by atoms with E-state index in [0.717, 1.165) is 6.07 Å². The van der Waals surface area contributed by atoms with Gasteiger partial charge >= 0.3 is 0 Å². The predicted molar refractivity (Wildman–Crippen MR) is 66.1 cm³/mol. The van der Waals surface area contributed by atoms with Crippen LogP contribution in [0, 0.1) is 17.1 Å². The first-order valence-corrected chi connectivity index (χ1v) is 5.46. The summed E-state index contributed by atoms with van der Waals surface area (Å²) in [6, 6.07) is 5.26. The van der Waals surface area contributed by atoms with Crippen LogP contribution in [0.3, 0.4) is 0 Å². The molecule has 1 aromatic carbocycles. The van der Waals surface area contributed by atoms with Gasteiger partial charge in [-0.3, -0.25) is 4.79 Å². The van der Waals surface area contributed by atoms with Gasteiger partial charge < -0.3 is 5.32 Å². The number of hydrogen-bond acceptors (Lipinski definition) is 4. The van der Waals surface area contributed by atoms with Crippen LogP contribution in [0.25, 0.3) is 0 Å². The molecule has 0 bridgehead atoms. The number of anilines is 1. The molecule has 0 aliphatic carbocycles. The van der Waals surface area contributed by atoms with E-state index in [1.807, 2.05) is 0 Å². The van der Waals surface area contributed by atoms with Gasteiger partial charge in [-0.2, -0.15) is 5.26 Å². The van der Waals surface area contributed by atoms with Crippen LogP contribution in [0.1, 0.15) is 15.9 Å². The maximum Gasteiger partial charge on any atom is 0.255 e. The molecule has 1 aromatic heterocycles. The fourth-order valence-electron chi connectivity index (χ4n) is 1.33. The molecule has 0 fully saturated rings. The van der Waals surface area contributed by atoms with E-state index in [1.165, 1.54) is 24.5 Å². The first kappa shape index (κ1) is 12.9. The number of rotatable bonds is 2. The molecule has 19 heavy (non-hydrogen) atoms. The Morgan fingerprint density at radius 3 is 2.63 bits per heavy atom. The zero-order valence-corrected chi connectivity index (χ0v) is 10.1. The Kier molecular flexibility index (Phi) is 3.68. The molecule has 1 amide bonds. The molecule has 2 rings (SSSR count). The molecule has 7 heteroatoms. The van der Waals surface area contributed by atoms with Crippen molar-refractivity contribution in [3.05, 3.63) is 52.8 Å². The lowest BCUT2D eigenvalue weighted by atomic mass is 10.1. The van der Waals surface area contributed by atoms with Gasteiger partial charge in [0.15, 0.2) is 0 Å². The number of nitrogens with zero attached hydrogens (tertiary/aromatic N) is 3. The van der Waals surface area contributed by atoms with Gasteiger partial charge in [-0.25, -0.2) is 14.4 Å². The zero-order valence-electron chi connectivity index (χ0n) is 9.39. The number of nitriles is 1. The van der Waals surface area contributed by atoms with Gasteiger partial charge in [-0.15, -0.1) is 0 Å². The van der Waals surface area contributed by atoms with E-state index >= 15 is 0 Å². The average Bonchev–Trinajstić information content (AvgIpc) is 2.41. The summed E-state index contributed by atoms with van der Waals surface area (Å²) in [5.41, 5.74) is 0.303. The Hall–Kier alpha value is -2.52. The van der Waals surface area contributed by atoms with Crippen LogP contribution in [0.4, 0.5) is 10.1 Å². The number of nitrogens with one attached hydrogen (secondary N) is 1. The van der Waals surface area contributed by atoms with Gasteiger partial charge in [0, 0.05) is 5.56 Å². The number of hydrogen-bond donors (Lipinski definition) is 1. The third-order valence-electron chi connectivity index (χ3n) is 2.23. The number of carbonyl (C=O) groups is 1. The quantitative estimate of drug-likeness (QED) is 0.854. The van der Waals surface area contributed by atoms with E-state index in [0.29, 0.717) is 5.69 Å². The molecule has 0 aliphatic heterocycles. The lowest BCUT2D eigenvalue weighted by molar-refractivity contribution is 0.102. The molecule has 1 heterocycles. The Morgan fingerprint density at radius 2 is 2.05 bits per heavy atom. The second-order valence-corrected chi connectivity index (χ2v) is 3.84. The topological polar surface area (TPSA) is 78.7 Å². The van der Waals surface area contributed by atoms with Gasteiger partial charge in [0.2, 0.25) is 5.28 Å². The van der Waals surface area contributed by atoms with Crippen LogP contribution in [-0.2, 0) is 0 Å². The normalized spacial score (nSPS) is 9.74. The Bertz CT molecular complexity index is 666. The number of amides is 1. The summed E-state index contributed by atoms with van der Waals surface area (Å²) in [5, 5.41) is 11.1. The van der Waals surface area contributed by atoms with Gasteiger partial charge in [-0.05, 0) is 29.8 Å². The molecule has 0 unspecified atom stereocenters. The Labute approximate surface area is 112 Å². The third-order valence-corrected chi connectivity index (χ3v) is 2.43. The summed E-state index contributed by atoms with van der Waals surface area (Å²) in [6.45, 7) is 0. The maximum atomic E-state index is 13.4. The minimum absolute atomic E-state index is 0.0578. The second kappa shape index (κ2) is 5.42. The smallest absolute Gasteiger partial charge is 0.255 e. The molecule has 5 nitrogen and oxygen atoms in total. The summed E-state index contributed by atoms with van der Waals surface area (Å²) in [7, 11) is 0. The molecule has 0 spiro atoms. The van der Waals surface area contributed by atoms with Crippen molar-refractivity contribution in [3.63, 3.8) is 0 Å². The maximum absolute atomic E-state index is 13.4. The minimum Gasteiger partial charge on any atom is -0.319 e. The first-order chi connectivity index (χ1) is 9.10. The van der Waals surface area contributed by atoms with Crippen LogP contribution in [0.5, 0.6) is 0 Å². The SMILES string of the molecule is N#Cc1ccc(C(=O)Nc2cnc(Cl)nc2)cc1F. The van der Waals surface area contributed by atoms with E-state index in [9.17, 15) is 9.18 Å². The molecule has 0 aliphatic rings. The molecule has 1 N–H and O–H groups in total. The average molecular weight is 277 g/mol. The fraction of sp³-hybridized carbons (Fsp3) is 0. The highest BCUT2D eigenvalue weighted by Gasteiger charge is 2.10. The van der Waals surface area contributed by atoms with Crippen molar-refractivity contribution in [2.75, 3.05) is 5.32 Å². The van der Waals surface area contributed by atoms with E-state index in [4.69, 9.17) is 16.9 Å². The number of carbonyl (C=O) groups excluding carboxylic acids is 1. The molecule has 2 aromatic rings. The standard InChI is InChI=1S/C12H6ClFN4O/c13-12-16-5-9(6-17-12)18-11(19)7-1-2-8(4-15)10(14)3-7/h1-3,5-6H,(H,18,19). The first-order valence-electron chi connectivity index (χ1n) is 5.08. The highest BCUT2D eigenvalue weighted by molar-refractivity contribution is 6.28. The molecule has 0 saturated heterocycles. The minimum atomic E-state index is -0.748. The third kappa shape index (κ3) is 3.03. The van der Waals surface area contributed by atoms with Gasteiger partial charge in [0.25, 0.3) is 5.91 Å². The van der Waals surface area contributed by atoms with Crippen molar-refractivity contribution in [1.82, 2.24) is 9.97 Å². The largest absolute Gasteiger partial charge is 0.319 e.